The lowest BCUT2D eigenvalue weighted by molar-refractivity contribution is 0.0603. The summed E-state index contributed by atoms with van der Waals surface area (Å²) in [5.41, 5.74) is 2.70. The molecule has 0 saturated heterocycles. The fraction of sp³-hybridized carbons (Fsp3) is 0.238. The maximum atomic E-state index is 13.1. The van der Waals surface area contributed by atoms with Gasteiger partial charge in [-0.1, -0.05) is 51.1 Å². The molecule has 3 rings (SSSR count). The van der Waals surface area contributed by atoms with Crippen LogP contribution in [-0.4, -0.2) is 23.6 Å². The van der Waals surface area contributed by atoms with Gasteiger partial charge in [0.1, 0.15) is 0 Å². The summed E-state index contributed by atoms with van der Waals surface area (Å²) in [4.78, 5) is 25.1. The molecule has 0 amide bonds. The summed E-state index contributed by atoms with van der Waals surface area (Å²) in [6, 6.07) is 14.9. The first-order chi connectivity index (χ1) is 11.8. The Morgan fingerprint density at radius 2 is 1.72 bits per heavy atom. The lowest BCUT2D eigenvalue weighted by Gasteiger charge is -2.19. The number of aromatic nitrogens is 1. The summed E-state index contributed by atoms with van der Waals surface area (Å²) < 4.78 is 6.36. The van der Waals surface area contributed by atoms with E-state index in [9.17, 15) is 9.59 Å². The molecule has 0 aliphatic carbocycles. The minimum Gasteiger partial charge on any atom is -0.465 e. The molecule has 0 N–H and O–H groups in total. The number of carbonyl (C=O) groups is 2. The zero-order chi connectivity index (χ0) is 18.2. The van der Waals surface area contributed by atoms with Crippen molar-refractivity contribution in [2.45, 2.75) is 26.2 Å². The number of esters is 1. The van der Waals surface area contributed by atoms with Crippen molar-refractivity contribution < 1.29 is 14.3 Å². The predicted molar refractivity (Wildman–Crippen MR) is 98.1 cm³/mol. The van der Waals surface area contributed by atoms with Crippen LogP contribution in [0.15, 0.2) is 54.7 Å². The molecule has 0 fully saturated rings. The van der Waals surface area contributed by atoms with Crippen molar-refractivity contribution >= 4 is 22.8 Å². The number of rotatable bonds is 2. The van der Waals surface area contributed by atoms with E-state index >= 15 is 0 Å². The first kappa shape index (κ1) is 17.0. The average Bonchev–Trinajstić information content (AvgIpc) is 2.99. The Balaban J connectivity index is 2.14. The van der Waals surface area contributed by atoms with Crippen LogP contribution in [0.5, 0.6) is 0 Å². The Morgan fingerprint density at radius 3 is 2.40 bits per heavy atom. The van der Waals surface area contributed by atoms with Gasteiger partial charge in [-0.3, -0.25) is 9.36 Å². The summed E-state index contributed by atoms with van der Waals surface area (Å²) in [5, 5.41) is 0.703. The maximum absolute atomic E-state index is 13.1. The molecule has 4 nitrogen and oxygen atoms in total. The van der Waals surface area contributed by atoms with Gasteiger partial charge in [-0.2, -0.15) is 0 Å². The van der Waals surface area contributed by atoms with Crippen molar-refractivity contribution in [3.05, 3.63) is 71.4 Å². The molecule has 0 bridgehead atoms. The van der Waals surface area contributed by atoms with Crippen LogP contribution in [-0.2, 0) is 10.2 Å². The first-order valence-corrected chi connectivity index (χ1v) is 8.16. The van der Waals surface area contributed by atoms with E-state index in [0.717, 1.165) is 5.56 Å². The van der Waals surface area contributed by atoms with Gasteiger partial charge in [0.25, 0.3) is 5.91 Å². The van der Waals surface area contributed by atoms with Crippen molar-refractivity contribution in [1.82, 2.24) is 4.57 Å². The molecule has 0 radical (unpaired) electrons. The van der Waals surface area contributed by atoms with Gasteiger partial charge in [-0.15, -0.1) is 0 Å². The molecular formula is C21H21NO3. The summed E-state index contributed by atoms with van der Waals surface area (Å²) in [7, 11) is 1.34. The number of para-hydroxylation sites is 1. The van der Waals surface area contributed by atoms with Crippen LogP contribution in [0.25, 0.3) is 10.9 Å². The highest BCUT2D eigenvalue weighted by Crippen LogP contribution is 2.26. The monoisotopic (exact) mass is 335 g/mol. The SMILES string of the molecule is COC(=O)c1cn(C(=O)c2cccc(C(C)(C)C)c2)c2ccccc12. The molecule has 0 saturated carbocycles. The van der Waals surface area contributed by atoms with E-state index in [2.05, 4.69) is 20.8 Å². The summed E-state index contributed by atoms with van der Waals surface area (Å²) >= 11 is 0. The molecule has 0 unspecified atom stereocenters. The highest BCUT2D eigenvalue weighted by molar-refractivity contribution is 6.09. The molecule has 0 aliphatic heterocycles. The molecular weight excluding hydrogens is 314 g/mol. The Bertz CT molecular complexity index is 961. The van der Waals surface area contributed by atoms with E-state index in [0.29, 0.717) is 22.0 Å². The van der Waals surface area contributed by atoms with Gasteiger partial charge in [0.2, 0.25) is 0 Å². The number of methoxy groups -OCH3 is 1. The van der Waals surface area contributed by atoms with Crippen LogP contribution in [0.1, 0.15) is 47.1 Å². The van der Waals surface area contributed by atoms with Crippen molar-refractivity contribution in [2.24, 2.45) is 0 Å². The van der Waals surface area contributed by atoms with Gasteiger partial charge in [0, 0.05) is 17.1 Å². The number of hydrogen-bond acceptors (Lipinski definition) is 3. The molecule has 25 heavy (non-hydrogen) atoms. The standard InChI is InChI=1S/C21H21NO3/c1-21(2,3)15-9-7-8-14(12-15)19(23)22-13-17(20(24)25-4)16-10-5-6-11-18(16)22/h5-13H,1-4H3. The molecule has 0 atom stereocenters. The second-order valence-corrected chi connectivity index (χ2v) is 7.06. The molecule has 0 aliphatic rings. The average molecular weight is 335 g/mol. The van der Waals surface area contributed by atoms with E-state index in [1.54, 1.807) is 12.3 Å². The third-order valence-corrected chi connectivity index (χ3v) is 4.31. The number of hydrogen-bond donors (Lipinski definition) is 0. The van der Waals surface area contributed by atoms with Crippen LogP contribution >= 0.6 is 0 Å². The van der Waals surface area contributed by atoms with E-state index in [-0.39, 0.29) is 11.3 Å². The van der Waals surface area contributed by atoms with Gasteiger partial charge in [-0.05, 0) is 29.2 Å². The fourth-order valence-electron chi connectivity index (χ4n) is 2.88. The highest BCUT2D eigenvalue weighted by Gasteiger charge is 2.21. The van der Waals surface area contributed by atoms with Crippen molar-refractivity contribution in [1.29, 1.82) is 0 Å². The first-order valence-electron chi connectivity index (χ1n) is 8.16. The molecule has 1 heterocycles. The number of fused-ring (bicyclic) bond motifs is 1. The number of ether oxygens (including phenoxy) is 1. The number of carbonyl (C=O) groups excluding carboxylic acids is 2. The Labute approximate surface area is 147 Å². The smallest absolute Gasteiger partial charge is 0.340 e. The second-order valence-electron chi connectivity index (χ2n) is 7.06. The lowest BCUT2D eigenvalue weighted by atomic mass is 9.86. The normalized spacial score (nSPS) is 11.5. The van der Waals surface area contributed by atoms with Gasteiger partial charge < -0.3 is 4.74 Å². The Morgan fingerprint density at radius 1 is 1.00 bits per heavy atom. The third kappa shape index (κ3) is 3.07. The van der Waals surface area contributed by atoms with E-state index in [4.69, 9.17) is 4.74 Å². The minimum atomic E-state index is -0.453. The quantitative estimate of drug-likeness (QED) is 0.652. The fourth-order valence-corrected chi connectivity index (χ4v) is 2.88. The number of nitrogens with zero attached hydrogens (tertiary/aromatic N) is 1. The summed E-state index contributed by atoms with van der Waals surface area (Å²) in [5.74, 6) is -0.622. The van der Waals surface area contributed by atoms with E-state index < -0.39 is 5.97 Å². The molecule has 4 heteroatoms. The molecule has 2 aromatic carbocycles. The molecule has 128 valence electrons. The van der Waals surface area contributed by atoms with Crippen molar-refractivity contribution in [3.8, 4) is 0 Å². The zero-order valence-electron chi connectivity index (χ0n) is 14.9. The molecule has 1 aromatic heterocycles. The van der Waals surface area contributed by atoms with Crippen LogP contribution in [0.3, 0.4) is 0 Å². The van der Waals surface area contributed by atoms with Crippen molar-refractivity contribution in [3.63, 3.8) is 0 Å². The topological polar surface area (TPSA) is 48.3 Å². The number of benzene rings is 2. The van der Waals surface area contributed by atoms with Crippen LogP contribution in [0.4, 0.5) is 0 Å². The third-order valence-electron chi connectivity index (χ3n) is 4.31. The molecule has 0 spiro atoms. The predicted octanol–water partition coefficient (Wildman–Crippen LogP) is 4.41. The van der Waals surface area contributed by atoms with Crippen LogP contribution < -0.4 is 0 Å². The van der Waals surface area contributed by atoms with Gasteiger partial charge >= 0.3 is 5.97 Å². The summed E-state index contributed by atoms with van der Waals surface area (Å²) in [6.07, 6.45) is 1.56. The highest BCUT2D eigenvalue weighted by atomic mass is 16.5. The van der Waals surface area contributed by atoms with Crippen LogP contribution in [0, 0.1) is 0 Å². The maximum Gasteiger partial charge on any atom is 0.340 e. The lowest BCUT2D eigenvalue weighted by Crippen LogP contribution is -2.15. The minimum absolute atomic E-state index is 0.0494. The Kier molecular flexibility index (Phi) is 4.21. The van der Waals surface area contributed by atoms with E-state index in [1.807, 2.05) is 42.5 Å². The zero-order valence-corrected chi connectivity index (χ0v) is 14.9. The van der Waals surface area contributed by atoms with Gasteiger partial charge in [0.15, 0.2) is 0 Å². The van der Waals surface area contributed by atoms with Gasteiger partial charge in [0.05, 0.1) is 18.2 Å². The largest absolute Gasteiger partial charge is 0.465 e. The molecule has 3 aromatic rings. The van der Waals surface area contributed by atoms with Crippen molar-refractivity contribution in [2.75, 3.05) is 7.11 Å². The summed E-state index contributed by atoms with van der Waals surface area (Å²) in [6.45, 7) is 6.32. The van der Waals surface area contributed by atoms with Gasteiger partial charge in [-0.25, -0.2) is 4.79 Å². The van der Waals surface area contributed by atoms with Crippen LogP contribution in [0.2, 0.25) is 0 Å². The second kappa shape index (κ2) is 6.20. The van der Waals surface area contributed by atoms with E-state index in [1.165, 1.54) is 11.7 Å². The Hall–Kier alpha value is -2.88.